The molecule has 0 atom stereocenters. The Labute approximate surface area is 190 Å². The van der Waals surface area contributed by atoms with Gasteiger partial charge in [-0.25, -0.2) is 19.3 Å². The molecule has 33 heavy (non-hydrogen) atoms. The molecule has 0 spiro atoms. The Morgan fingerprint density at radius 2 is 2.00 bits per heavy atom. The van der Waals surface area contributed by atoms with E-state index in [1.165, 1.54) is 12.4 Å². The number of hydrogen-bond acceptors (Lipinski definition) is 7. The minimum atomic E-state index is -0.448. The first-order chi connectivity index (χ1) is 16.0. The minimum Gasteiger partial charge on any atom is -0.381 e. The molecule has 0 radical (unpaired) electrons. The number of aryl methyl sites for hydroxylation is 1. The van der Waals surface area contributed by atoms with Crippen LogP contribution in [0.4, 0.5) is 16.0 Å². The molecule has 1 aliphatic carbocycles. The normalized spacial score (nSPS) is 20.5. The van der Waals surface area contributed by atoms with Crippen molar-refractivity contribution in [2.75, 3.05) is 30.4 Å². The number of nitrogens with zero attached hydrogens (tertiary/aromatic N) is 5. The number of aromatic nitrogens is 5. The molecule has 172 valence electrons. The Morgan fingerprint density at radius 1 is 1.18 bits per heavy atom. The first kappa shape index (κ1) is 21.4. The molecule has 0 unspecified atom stereocenters. The monoisotopic (exact) mass is 451 g/mol. The van der Waals surface area contributed by atoms with Gasteiger partial charge in [0.25, 0.3) is 0 Å². The van der Waals surface area contributed by atoms with Crippen molar-refractivity contribution in [3.63, 3.8) is 0 Å². The number of fused-ring (bicyclic) bond motifs is 1. The van der Waals surface area contributed by atoms with Crippen LogP contribution >= 0.6 is 0 Å². The summed E-state index contributed by atoms with van der Waals surface area (Å²) in [5, 5.41) is 9.62. The molecule has 5 rings (SSSR count). The summed E-state index contributed by atoms with van der Waals surface area (Å²) in [6.45, 7) is 2.66. The van der Waals surface area contributed by atoms with Crippen LogP contribution < -0.4 is 10.2 Å². The van der Waals surface area contributed by atoms with Crippen molar-refractivity contribution in [1.82, 2.24) is 25.1 Å². The lowest BCUT2D eigenvalue weighted by Gasteiger charge is -2.34. The van der Waals surface area contributed by atoms with Gasteiger partial charge in [0, 0.05) is 19.2 Å². The number of carbonyl (C=O) groups excluding carboxylic acids is 1. The SMILES string of the molecule is CO[C@H]1CC[C@@H](CN2C(=O)CNc3ncc(-c4cc(F)c(-c5nc[nH]n5)cc4C)nc32)CC1. The van der Waals surface area contributed by atoms with E-state index < -0.39 is 5.82 Å². The number of carbonyl (C=O) groups is 1. The average Bonchev–Trinajstić information content (AvgIpc) is 3.37. The molecule has 1 saturated carbocycles. The summed E-state index contributed by atoms with van der Waals surface area (Å²) >= 11 is 0. The van der Waals surface area contributed by atoms with Crippen LogP contribution in [0.5, 0.6) is 0 Å². The summed E-state index contributed by atoms with van der Waals surface area (Å²) < 4.78 is 20.4. The number of hydrogen-bond donors (Lipinski definition) is 2. The summed E-state index contributed by atoms with van der Waals surface area (Å²) in [4.78, 5) is 27.8. The number of rotatable bonds is 5. The number of methoxy groups -OCH3 is 1. The Bertz CT molecular complexity index is 1160. The number of ether oxygens (including phenoxy) is 1. The van der Waals surface area contributed by atoms with Crippen LogP contribution in [0.15, 0.2) is 24.7 Å². The number of halogens is 1. The molecule has 0 bridgehead atoms. The Kier molecular flexibility index (Phi) is 5.76. The summed E-state index contributed by atoms with van der Waals surface area (Å²) in [6, 6.07) is 3.12. The lowest BCUT2D eigenvalue weighted by Crippen LogP contribution is -2.44. The summed E-state index contributed by atoms with van der Waals surface area (Å²) in [7, 11) is 1.75. The maximum absolute atomic E-state index is 14.9. The highest BCUT2D eigenvalue weighted by Gasteiger charge is 2.31. The molecule has 1 amide bonds. The molecule has 9 nitrogen and oxygen atoms in total. The van der Waals surface area contributed by atoms with E-state index in [0.717, 1.165) is 31.2 Å². The number of anilines is 2. The number of aromatic amines is 1. The fraction of sp³-hybridized carbons (Fsp3) is 0.435. The quantitative estimate of drug-likeness (QED) is 0.612. The predicted molar refractivity (Wildman–Crippen MR) is 121 cm³/mol. The average molecular weight is 452 g/mol. The minimum absolute atomic E-state index is 0.0364. The molecule has 10 heteroatoms. The van der Waals surface area contributed by atoms with Gasteiger partial charge in [-0.05, 0) is 56.2 Å². The topological polar surface area (TPSA) is 109 Å². The van der Waals surface area contributed by atoms with Gasteiger partial charge in [0.15, 0.2) is 17.5 Å². The van der Waals surface area contributed by atoms with Crippen LogP contribution in [-0.4, -0.2) is 57.4 Å². The lowest BCUT2D eigenvalue weighted by atomic mass is 9.87. The standard InChI is InChI=1S/C23H26FN7O2/c1-13-7-17(21-27-12-28-30-21)18(24)8-16(13)19-9-25-22-23(29-19)31(20(32)10-26-22)11-14-3-5-15(33-2)6-4-14/h7-9,12,14-15H,3-6,10-11H2,1-2H3,(H,25,26)(H,27,28,30)/t14-,15+. The van der Waals surface area contributed by atoms with Gasteiger partial charge in [0.1, 0.15) is 12.1 Å². The van der Waals surface area contributed by atoms with Gasteiger partial charge in [-0.2, -0.15) is 5.10 Å². The molecular weight excluding hydrogens is 425 g/mol. The molecular formula is C23H26FN7O2. The van der Waals surface area contributed by atoms with Gasteiger partial charge in [-0.15, -0.1) is 0 Å². The van der Waals surface area contributed by atoms with E-state index in [9.17, 15) is 9.18 Å². The second kappa shape index (κ2) is 8.86. The number of benzene rings is 1. The Balaban J connectivity index is 1.45. The van der Waals surface area contributed by atoms with Crippen LogP contribution in [0.25, 0.3) is 22.6 Å². The third kappa shape index (κ3) is 4.18. The van der Waals surface area contributed by atoms with Gasteiger partial charge in [0.05, 0.1) is 30.1 Å². The highest BCUT2D eigenvalue weighted by molar-refractivity contribution is 6.01. The fourth-order valence-electron chi connectivity index (χ4n) is 4.66. The maximum Gasteiger partial charge on any atom is 0.247 e. The van der Waals surface area contributed by atoms with Crippen LogP contribution in [-0.2, 0) is 9.53 Å². The van der Waals surface area contributed by atoms with Crippen molar-refractivity contribution in [1.29, 1.82) is 0 Å². The summed E-state index contributed by atoms with van der Waals surface area (Å²) in [6.07, 6.45) is 7.32. The van der Waals surface area contributed by atoms with Gasteiger partial charge in [0.2, 0.25) is 5.91 Å². The van der Waals surface area contributed by atoms with Crippen molar-refractivity contribution in [2.24, 2.45) is 5.92 Å². The first-order valence-corrected chi connectivity index (χ1v) is 11.1. The van der Waals surface area contributed by atoms with E-state index in [2.05, 4.69) is 25.5 Å². The molecule has 3 heterocycles. The molecule has 1 aromatic carbocycles. The molecule has 0 saturated heterocycles. The van der Waals surface area contributed by atoms with E-state index in [1.807, 2.05) is 6.92 Å². The Morgan fingerprint density at radius 3 is 2.73 bits per heavy atom. The highest BCUT2D eigenvalue weighted by Crippen LogP contribution is 2.34. The maximum atomic E-state index is 14.9. The van der Waals surface area contributed by atoms with Gasteiger partial charge < -0.3 is 10.1 Å². The zero-order chi connectivity index (χ0) is 22.9. The van der Waals surface area contributed by atoms with Gasteiger partial charge >= 0.3 is 0 Å². The fourth-order valence-corrected chi connectivity index (χ4v) is 4.66. The number of nitrogens with one attached hydrogen (secondary N) is 2. The van der Waals surface area contributed by atoms with Gasteiger partial charge in [-0.3, -0.25) is 14.8 Å². The Hall–Kier alpha value is -3.40. The molecule has 1 aliphatic heterocycles. The predicted octanol–water partition coefficient (Wildman–Crippen LogP) is 3.34. The van der Waals surface area contributed by atoms with Crippen LogP contribution in [0.2, 0.25) is 0 Å². The van der Waals surface area contributed by atoms with E-state index in [1.54, 1.807) is 24.3 Å². The van der Waals surface area contributed by atoms with Crippen molar-refractivity contribution in [3.05, 3.63) is 36.0 Å². The number of amides is 1. The van der Waals surface area contributed by atoms with E-state index >= 15 is 0 Å². The molecule has 3 aromatic rings. The van der Waals surface area contributed by atoms with Gasteiger partial charge in [-0.1, -0.05) is 0 Å². The van der Waals surface area contributed by atoms with Crippen LogP contribution in [0.3, 0.4) is 0 Å². The smallest absolute Gasteiger partial charge is 0.247 e. The zero-order valence-electron chi connectivity index (χ0n) is 18.6. The third-order valence-electron chi connectivity index (χ3n) is 6.53. The lowest BCUT2D eigenvalue weighted by molar-refractivity contribution is -0.117. The molecule has 2 aromatic heterocycles. The van der Waals surface area contributed by atoms with Crippen molar-refractivity contribution >= 4 is 17.5 Å². The molecule has 2 N–H and O–H groups in total. The highest BCUT2D eigenvalue weighted by atomic mass is 19.1. The van der Waals surface area contributed by atoms with E-state index in [0.29, 0.717) is 52.8 Å². The summed E-state index contributed by atoms with van der Waals surface area (Å²) in [5.74, 6) is 1.26. The zero-order valence-corrected chi connectivity index (χ0v) is 18.6. The number of H-pyrrole nitrogens is 1. The van der Waals surface area contributed by atoms with Crippen LogP contribution in [0.1, 0.15) is 31.2 Å². The van der Waals surface area contributed by atoms with Crippen molar-refractivity contribution in [3.8, 4) is 22.6 Å². The second-order valence-corrected chi connectivity index (χ2v) is 8.63. The second-order valence-electron chi connectivity index (χ2n) is 8.63. The summed E-state index contributed by atoms with van der Waals surface area (Å²) in [5.41, 5.74) is 2.25. The van der Waals surface area contributed by atoms with E-state index in [4.69, 9.17) is 9.72 Å². The van der Waals surface area contributed by atoms with Crippen molar-refractivity contribution < 1.29 is 13.9 Å². The first-order valence-electron chi connectivity index (χ1n) is 11.1. The van der Waals surface area contributed by atoms with E-state index in [-0.39, 0.29) is 12.5 Å². The third-order valence-corrected chi connectivity index (χ3v) is 6.53. The molecule has 1 fully saturated rings. The largest absolute Gasteiger partial charge is 0.381 e. The van der Waals surface area contributed by atoms with Crippen LogP contribution in [0, 0.1) is 18.7 Å². The van der Waals surface area contributed by atoms with Crippen molar-refractivity contribution in [2.45, 2.75) is 38.7 Å². The molecule has 2 aliphatic rings.